The smallest absolute Gasteiger partial charge is 0.463 e. The van der Waals surface area contributed by atoms with Crippen LogP contribution in [0.3, 0.4) is 0 Å². The van der Waals surface area contributed by atoms with Gasteiger partial charge in [-0.15, -0.1) is 0 Å². The molecular formula is C91H156O16P2. The van der Waals surface area contributed by atoms with E-state index < -0.39 is 91.5 Å². The molecule has 0 aliphatic heterocycles. The standard InChI is InChI=1S/C91H156O16P2/c1-4-7-10-13-16-19-22-24-26-28-30-32-34-36-38-40-41-42-43-45-47-48-50-52-54-56-58-60-63-65-68-71-74-77-89(94)101-80-86(92)81-103-108(97,98)104-82-87(93)83-105-109(99,100)106-85-88(107-91(96)79-76-73-70-67-62-21-18-15-12-9-6-3)84-102-90(95)78-75-72-69-66-64-61-59-57-55-53-51-49-46-44-39-37-35-33-31-29-27-25-23-20-17-14-11-8-5-2/h7-8,10-11,16-17,19-20,24-27,30-33,36-39,41-42,46,49,86-88,92-93H,4-6,9,12-15,18,21-23,28-29,34-35,40,43-45,47-48,50-85H2,1-3H3,(H,97,98)(H,99,100)/b10-7-,11-8-,19-16-,20-17-,26-24-,27-25-,32-30-,33-31-,38-36-,39-37-,42-41-,49-46-. The van der Waals surface area contributed by atoms with Gasteiger partial charge in [-0.2, -0.15) is 0 Å². The predicted molar refractivity (Wildman–Crippen MR) is 454 cm³/mol. The summed E-state index contributed by atoms with van der Waals surface area (Å²) in [7, 11) is -9.79. The summed E-state index contributed by atoms with van der Waals surface area (Å²) >= 11 is 0. The first kappa shape index (κ1) is 104. The molecule has 0 aromatic rings. The van der Waals surface area contributed by atoms with Crippen molar-refractivity contribution in [3.8, 4) is 0 Å². The van der Waals surface area contributed by atoms with Gasteiger partial charge in [0.15, 0.2) is 6.10 Å². The zero-order chi connectivity index (χ0) is 79.4. The quantitative estimate of drug-likeness (QED) is 0.0146. The van der Waals surface area contributed by atoms with Crippen LogP contribution in [0.2, 0.25) is 0 Å². The summed E-state index contributed by atoms with van der Waals surface area (Å²) in [6.07, 6.45) is 103. The number of esters is 3. The van der Waals surface area contributed by atoms with Crippen molar-refractivity contribution in [3.05, 3.63) is 146 Å². The molecule has 5 atom stereocenters. The van der Waals surface area contributed by atoms with Crippen LogP contribution < -0.4 is 0 Å². The molecule has 0 rings (SSSR count). The second-order valence-corrected chi connectivity index (χ2v) is 31.5. The van der Waals surface area contributed by atoms with Gasteiger partial charge < -0.3 is 34.2 Å². The molecule has 18 heteroatoms. The van der Waals surface area contributed by atoms with Crippen LogP contribution in [-0.4, -0.2) is 95.9 Å². The second kappa shape index (κ2) is 82.9. The molecule has 0 fully saturated rings. The van der Waals surface area contributed by atoms with Gasteiger partial charge in [0.2, 0.25) is 0 Å². The molecule has 0 aromatic heterocycles. The first-order chi connectivity index (χ1) is 53.2. The molecule has 4 N–H and O–H groups in total. The maximum Gasteiger partial charge on any atom is 0.472 e. The van der Waals surface area contributed by atoms with Crippen molar-refractivity contribution < 1.29 is 75.8 Å². The van der Waals surface area contributed by atoms with Gasteiger partial charge in [-0.05, 0) is 122 Å². The Morgan fingerprint density at radius 3 is 0.771 bits per heavy atom. The third kappa shape index (κ3) is 84.2. The highest BCUT2D eigenvalue weighted by molar-refractivity contribution is 7.47. The second-order valence-electron chi connectivity index (χ2n) is 28.6. The predicted octanol–water partition coefficient (Wildman–Crippen LogP) is 26.0. The van der Waals surface area contributed by atoms with Gasteiger partial charge in [0.25, 0.3) is 0 Å². The summed E-state index contributed by atoms with van der Waals surface area (Å²) in [5, 5.41) is 20.7. The highest BCUT2D eigenvalue weighted by atomic mass is 31.2. The minimum atomic E-state index is -4.93. The number of hydrogen-bond donors (Lipinski definition) is 4. The fraction of sp³-hybridized carbons (Fsp3) is 0.703. The maximum atomic E-state index is 12.9. The lowest BCUT2D eigenvalue weighted by Gasteiger charge is -2.21. The summed E-state index contributed by atoms with van der Waals surface area (Å²) in [5.41, 5.74) is 0. The Morgan fingerprint density at radius 2 is 0.486 bits per heavy atom. The van der Waals surface area contributed by atoms with E-state index in [2.05, 4.69) is 167 Å². The van der Waals surface area contributed by atoms with E-state index in [-0.39, 0.29) is 19.3 Å². The van der Waals surface area contributed by atoms with Crippen LogP contribution in [0, 0.1) is 0 Å². The van der Waals surface area contributed by atoms with Gasteiger partial charge in [0.1, 0.15) is 25.4 Å². The van der Waals surface area contributed by atoms with Crippen molar-refractivity contribution >= 4 is 33.6 Å². The average Bonchev–Trinajstić information content (AvgIpc) is 0.836. The zero-order valence-electron chi connectivity index (χ0n) is 68.7. The van der Waals surface area contributed by atoms with Gasteiger partial charge in [0.05, 0.1) is 26.4 Å². The number of hydrogen-bond acceptors (Lipinski definition) is 14. The van der Waals surface area contributed by atoms with E-state index in [1.54, 1.807) is 0 Å². The topological polar surface area (TPSA) is 231 Å². The molecule has 0 radical (unpaired) electrons. The maximum absolute atomic E-state index is 12.9. The lowest BCUT2D eigenvalue weighted by atomic mass is 10.0. The summed E-state index contributed by atoms with van der Waals surface area (Å²) in [5.74, 6) is -1.57. The molecule has 626 valence electrons. The summed E-state index contributed by atoms with van der Waals surface area (Å²) in [4.78, 5) is 58.7. The number of phosphoric acid groups is 2. The van der Waals surface area contributed by atoms with Crippen molar-refractivity contribution in [2.24, 2.45) is 0 Å². The van der Waals surface area contributed by atoms with Gasteiger partial charge in [-0.25, -0.2) is 9.13 Å². The highest BCUT2D eigenvalue weighted by Crippen LogP contribution is 2.45. The van der Waals surface area contributed by atoms with Gasteiger partial charge in [0, 0.05) is 19.3 Å². The molecule has 0 aromatic carbocycles. The van der Waals surface area contributed by atoms with Crippen LogP contribution in [0.4, 0.5) is 0 Å². The highest BCUT2D eigenvalue weighted by Gasteiger charge is 2.29. The number of unbranched alkanes of at least 4 members (excludes halogenated alkanes) is 34. The van der Waals surface area contributed by atoms with E-state index >= 15 is 0 Å². The van der Waals surface area contributed by atoms with Gasteiger partial charge in [-0.1, -0.05) is 359 Å². The van der Waals surface area contributed by atoms with E-state index in [0.717, 1.165) is 161 Å². The van der Waals surface area contributed by atoms with E-state index in [4.69, 9.17) is 32.3 Å². The van der Waals surface area contributed by atoms with E-state index in [1.807, 2.05) is 0 Å². The minimum Gasteiger partial charge on any atom is -0.463 e. The Bertz CT molecular complexity index is 2560. The summed E-state index contributed by atoms with van der Waals surface area (Å²) in [6.45, 7) is 2.47. The molecule has 109 heavy (non-hydrogen) atoms. The third-order valence-corrected chi connectivity index (χ3v) is 20.0. The molecule has 0 spiro atoms. The van der Waals surface area contributed by atoms with Crippen molar-refractivity contribution in [2.45, 2.75) is 373 Å². The fourth-order valence-electron chi connectivity index (χ4n) is 11.6. The SMILES string of the molecule is CC/C=C\C/C=C\C/C=C\C/C=C\C/C=C\C/C=C\CCCCCCCCCCCCCCCCC(=O)OCC(O)COP(=O)(O)OCC(O)COP(=O)(O)OCC(COC(=O)CCCCCCCCCCCC/C=C\C/C=C\C/C=C\C/C=C\C/C=C\C/C=C\CC)OC(=O)CCCCCCCCCCCCC. The number of rotatable bonds is 81. The molecule has 5 unspecified atom stereocenters. The fourth-order valence-corrected chi connectivity index (χ4v) is 13.2. The molecule has 0 aliphatic rings. The summed E-state index contributed by atoms with van der Waals surface area (Å²) < 4.78 is 61.2. The average molecular weight is 1570 g/mol. The van der Waals surface area contributed by atoms with Crippen molar-refractivity contribution in [1.29, 1.82) is 0 Å². The molecule has 0 heterocycles. The number of carbonyl (C=O) groups excluding carboxylic acids is 3. The number of carbonyl (C=O) groups is 3. The minimum absolute atomic E-state index is 0.105. The van der Waals surface area contributed by atoms with Gasteiger partial charge >= 0.3 is 33.6 Å². The van der Waals surface area contributed by atoms with Crippen LogP contribution in [0.5, 0.6) is 0 Å². The number of ether oxygens (including phenoxy) is 3. The molecule has 0 aliphatic carbocycles. The molecule has 0 saturated carbocycles. The lowest BCUT2D eigenvalue weighted by molar-refractivity contribution is -0.161. The number of aliphatic hydroxyl groups excluding tert-OH is 2. The third-order valence-electron chi connectivity index (χ3n) is 18.1. The normalized spacial score (nSPS) is 14.6. The first-order valence-corrected chi connectivity index (χ1v) is 46.1. The largest absolute Gasteiger partial charge is 0.472 e. The molecule has 16 nitrogen and oxygen atoms in total. The first-order valence-electron chi connectivity index (χ1n) is 43.1. The Kier molecular flexibility index (Phi) is 79.4. The Morgan fingerprint density at radius 1 is 0.266 bits per heavy atom. The van der Waals surface area contributed by atoms with E-state index in [0.29, 0.717) is 19.3 Å². The van der Waals surface area contributed by atoms with Gasteiger partial charge in [-0.3, -0.25) is 32.5 Å². The molecule has 0 saturated heterocycles. The zero-order valence-corrected chi connectivity index (χ0v) is 70.5. The van der Waals surface area contributed by atoms with Crippen molar-refractivity contribution in [1.82, 2.24) is 0 Å². The van der Waals surface area contributed by atoms with Crippen LogP contribution in [0.15, 0.2) is 146 Å². The Balaban J connectivity index is 4.39. The Hall–Kier alpha value is -4.57. The van der Waals surface area contributed by atoms with E-state index in [9.17, 15) is 43.5 Å². The summed E-state index contributed by atoms with van der Waals surface area (Å²) in [6, 6.07) is 0. The monoisotopic (exact) mass is 1570 g/mol. The molecule has 0 amide bonds. The number of aliphatic hydroxyl groups is 2. The number of phosphoric ester groups is 2. The lowest BCUT2D eigenvalue weighted by Crippen LogP contribution is -2.30. The Labute approximate surface area is 664 Å². The van der Waals surface area contributed by atoms with Crippen LogP contribution in [0.25, 0.3) is 0 Å². The van der Waals surface area contributed by atoms with Crippen molar-refractivity contribution in [3.63, 3.8) is 0 Å². The van der Waals surface area contributed by atoms with Crippen LogP contribution in [0.1, 0.15) is 355 Å². The van der Waals surface area contributed by atoms with Crippen LogP contribution in [-0.2, 0) is 55.8 Å². The molecule has 0 bridgehead atoms. The van der Waals surface area contributed by atoms with Crippen molar-refractivity contribution in [2.75, 3.05) is 39.6 Å². The van der Waals surface area contributed by atoms with E-state index in [1.165, 1.54) is 135 Å². The van der Waals surface area contributed by atoms with Crippen LogP contribution >= 0.6 is 15.6 Å². The number of allylic oxidation sites excluding steroid dienone is 24. The molecular weight excluding hydrogens is 1410 g/mol.